The second-order valence-corrected chi connectivity index (χ2v) is 6.43. The zero-order valence-corrected chi connectivity index (χ0v) is 12.8. The Hall–Kier alpha value is -0.480. The van der Waals surface area contributed by atoms with Gasteiger partial charge < -0.3 is 5.32 Å². The summed E-state index contributed by atoms with van der Waals surface area (Å²) in [6, 6.07) is 2.70. The molecule has 2 rings (SSSR count). The van der Waals surface area contributed by atoms with E-state index in [1.807, 2.05) is 0 Å². The first kappa shape index (κ1) is 14.9. The maximum Gasteiger partial charge on any atom is 0.144 e. The van der Waals surface area contributed by atoms with Crippen molar-refractivity contribution in [1.82, 2.24) is 5.32 Å². The summed E-state index contributed by atoms with van der Waals surface area (Å²) in [4.78, 5) is 0. The molecule has 4 heteroatoms. The van der Waals surface area contributed by atoms with Gasteiger partial charge >= 0.3 is 0 Å². The Kier molecular flexibility index (Phi) is 5.34. The van der Waals surface area contributed by atoms with Crippen LogP contribution >= 0.6 is 15.9 Å². The fourth-order valence-electron chi connectivity index (χ4n) is 2.67. The summed E-state index contributed by atoms with van der Waals surface area (Å²) in [6.07, 6.45) is 4.98. The zero-order chi connectivity index (χ0) is 13.8. The van der Waals surface area contributed by atoms with Crippen molar-refractivity contribution in [3.05, 3.63) is 33.8 Å². The molecule has 1 fully saturated rings. The second kappa shape index (κ2) is 6.80. The van der Waals surface area contributed by atoms with E-state index >= 15 is 0 Å². The number of rotatable bonds is 4. The summed E-state index contributed by atoms with van der Waals surface area (Å²) >= 11 is 3.09. The van der Waals surface area contributed by atoms with Gasteiger partial charge in [0, 0.05) is 12.1 Å². The van der Waals surface area contributed by atoms with Crippen molar-refractivity contribution in [3.63, 3.8) is 0 Å². The highest BCUT2D eigenvalue weighted by Crippen LogP contribution is 2.28. The van der Waals surface area contributed by atoms with Gasteiger partial charge in [0.1, 0.15) is 11.6 Å². The molecule has 0 saturated heterocycles. The summed E-state index contributed by atoms with van der Waals surface area (Å²) in [6.45, 7) is 3.39. The fraction of sp³-hybridized carbons (Fsp3) is 0.600. The maximum absolute atomic E-state index is 13.8. The lowest BCUT2D eigenvalue weighted by Crippen LogP contribution is -2.26. The van der Waals surface area contributed by atoms with Crippen molar-refractivity contribution >= 4 is 15.9 Å². The van der Waals surface area contributed by atoms with Crippen LogP contribution in [0.4, 0.5) is 8.78 Å². The van der Waals surface area contributed by atoms with Crippen molar-refractivity contribution in [2.24, 2.45) is 11.8 Å². The Bertz CT molecular complexity index is 428. The third kappa shape index (κ3) is 3.99. The van der Waals surface area contributed by atoms with Gasteiger partial charge in [0.05, 0.1) is 4.47 Å². The van der Waals surface area contributed by atoms with Crippen molar-refractivity contribution in [2.75, 3.05) is 6.54 Å². The molecule has 1 N–H and O–H groups in total. The van der Waals surface area contributed by atoms with E-state index in [2.05, 4.69) is 28.2 Å². The molecular weight excluding hydrogens is 312 g/mol. The van der Waals surface area contributed by atoms with E-state index in [0.717, 1.165) is 12.5 Å². The SMILES string of the molecule is CC1CCC(CNCc2c(F)ccc(Br)c2F)CC1. The molecule has 1 saturated carbocycles. The summed E-state index contributed by atoms with van der Waals surface area (Å²) in [7, 11) is 0. The first-order chi connectivity index (χ1) is 9.08. The summed E-state index contributed by atoms with van der Waals surface area (Å²) in [5.41, 5.74) is 0.124. The summed E-state index contributed by atoms with van der Waals surface area (Å²) < 4.78 is 27.6. The second-order valence-electron chi connectivity index (χ2n) is 5.58. The Labute approximate surface area is 121 Å². The summed E-state index contributed by atoms with van der Waals surface area (Å²) in [5.74, 6) is 0.501. The molecular formula is C15H20BrF2N. The fourth-order valence-corrected chi connectivity index (χ4v) is 3.04. The monoisotopic (exact) mass is 331 g/mol. The average molecular weight is 332 g/mol. The molecule has 0 unspecified atom stereocenters. The van der Waals surface area contributed by atoms with E-state index in [9.17, 15) is 8.78 Å². The van der Waals surface area contributed by atoms with Crippen LogP contribution in [0.5, 0.6) is 0 Å². The average Bonchev–Trinajstić information content (AvgIpc) is 2.40. The van der Waals surface area contributed by atoms with E-state index in [1.165, 1.54) is 37.8 Å². The predicted molar refractivity (Wildman–Crippen MR) is 76.9 cm³/mol. The van der Waals surface area contributed by atoms with Crippen LogP contribution in [0.25, 0.3) is 0 Å². The molecule has 106 valence electrons. The van der Waals surface area contributed by atoms with Crippen LogP contribution in [-0.4, -0.2) is 6.54 Å². The van der Waals surface area contributed by atoms with Crippen molar-refractivity contribution in [3.8, 4) is 0 Å². The molecule has 1 aromatic carbocycles. The van der Waals surface area contributed by atoms with Gasteiger partial charge in [-0.15, -0.1) is 0 Å². The molecule has 0 atom stereocenters. The van der Waals surface area contributed by atoms with Crippen LogP contribution in [0, 0.1) is 23.5 Å². The lowest BCUT2D eigenvalue weighted by Gasteiger charge is -2.26. The molecule has 0 radical (unpaired) electrons. The van der Waals surface area contributed by atoms with Crippen molar-refractivity contribution in [2.45, 2.75) is 39.2 Å². The normalized spacial score (nSPS) is 23.6. The molecule has 0 aromatic heterocycles. The van der Waals surface area contributed by atoms with Crippen LogP contribution in [-0.2, 0) is 6.54 Å². The molecule has 1 aliphatic carbocycles. The third-order valence-electron chi connectivity index (χ3n) is 4.01. The lowest BCUT2D eigenvalue weighted by molar-refractivity contribution is 0.281. The third-order valence-corrected chi connectivity index (χ3v) is 4.62. The van der Waals surface area contributed by atoms with Crippen LogP contribution < -0.4 is 5.32 Å². The minimum Gasteiger partial charge on any atom is -0.312 e. The van der Waals surface area contributed by atoms with Gasteiger partial charge in [0.2, 0.25) is 0 Å². The van der Waals surface area contributed by atoms with E-state index in [1.54, 1.807) is 0 Å². The molecule has 1 nitrogen and oxygen atoms in total. The van der Waals surface area contributed by atoms with Gasteiger partial charge in [-0.1, -0.05) is 19.8 Å². The first-order valence-electron chi connectivity index (χ1n) is 6.91. The molecule has 0 heterocycles. The predicted octanol–water partition coefficient (Wildman–Crippen LogP) is 4.64. The highest BCUT2D eigenvalue weighted by molar-refractivity contribution is 9.10. The van der Waals surface area contributed by atoms with Crippen molar-refractivity contribution in [1.29, 1.82) is 0 Å². The van der Waals surface area contributed by atoms with Crippen LogP contribution in [0.15, 0.2) is 16.6 Å². The molecule has 0 aliphatic heterocycles. The van der Waals surface area contributed by atoms with E-state index < -0.39 is 11.6 Å². The molecule has 1 aliphatic rings. The van der Waals surface area contributed by atoms with Gasteiger partial charge in [-0.05, 0) is 59.3 Å². The minimum absolute atomic E-state index is 0.124. The highest BCUT2D eigenvalue weighted by Gasteiger charge is 2.18. The Morgan fingerprint density at radius 1 is 1.21 bits per heavy atom. The number of nitrogens with one attached hydrogen (secondary N) is 1. The Balaban J connectivity index is 1.84. The van der Waals surface area contributed by atoms with E-state index in [4.69, 9.17) is 0 Å². The minimum atomic E-state index is -0.496. The smallest absolute Gasteiger partial charge is 0.144 e. The lowest BCUT2D eigenvalue weighted by atomic mass is 9.83. The van der Waals surface area contributed by atoms with Gasteiger partial charge in [0.25, 0.3) is 0 Å². The van der Waals surface area contributed by atoms with Gasteiger partial charge in [-0.25, -0.2) is 8.78 Å². The summed E-state index contributed by atoms with van der Waals surface area (Å²) in [5, 5.41) is 3.19. The van der Waals surface area contributed by atoms with E-state index in [-0.39, 0.29) is 12.1 Å². The topological polar surface area (TPSA) is 12.0 Å². The molecule has 19 heavy (non-hydrogen) atoms. The number of halogens is 3. The standard InChI is InChI=1S/C15H20BrF2N/c1-10-2-4-11(5-3-10)8-19-9-12-14(17)7-6-13(16)15(12)18/h6-7,10-11,19H,2-5,8-9H2,1H3. The van der Waals surface area contributed by atoms with Crippen molar-refractivity contribution < 1.29 is 8.78 Å². The number of hydrogen-bond acceptors (Lipinski definition) is 1. The Morgan fingerprint density at radius 2 is 1.89 bits per heavy atom. The van der Waals surface area contributed by atoms with Crippen LogP contribution in [0.2, 0.25) is 0 Å². The Morgan fingerprint density at radius 3 is 2.58 bits per heavy atom. The number of hydrogen-bond donors (Lipinski definition) is 1. The zero-order valence-electron chi connectivity index (χ0n) is 11.2. The highest BCUT2D eigenvalue weighted by atomic mass is 79.9. The molecule has 1 aromatic rings. The largest absolute Gasteiger partial charge is 0.312 e. The number of benzene rings is 1. The van der Waals surface area contributed by atoms with Gasteiger partial charge in [-0.3, -0.25) is 0 Å². The van der Waals surface area contributed by atoms with Gasteiger partial charge in [0.15, 0.2) is 0 Å². The van der Waals surface area contributed by atoms with E-state index in [0.29, 0.717) is 10.4 Å². The molecule has 0 spiro atoms. The molecule has 0 bridgehead atoms. The quantitative estimate of drug-likeness (QED) is 0.792. The first-order valence-corrected chi connectivity index (χ1v) is 7.70. The van der Waals surface area contributed by atoms with Crippen LogP contribution in [0.1, 0.15) is 38.2 Å². The molecule has 0 amide bonds. The van der Waals surface area contributed by atoms with Crippen LogP contribution in [0.3, 0.4) is 0 Å². The maximum atomic E-state index is 13.8. The van der Waals surface area contributed by atoms with Gasteiger partial charge in [-0.2, -0.15) is 0 Å².